The van der Waals surface area contributed by atoms with Gasteiger partial charge in [0.05, 0.1) is 21.6 Å². The number of ether oxygens (including phenoxy) is 2. The van der Waals surface area contributed by atoms with Crippen LogP contribution >= 0.6 is 0 Å². The molecule has 4 aromatic rings. The van der Waals surface area contributed by atoms with Gasteiger partial charge in [-0.2, -0.15) is 13.2 Å². The zero-order valence-electron chi connectivity index (χ0n) is 21.3. The molecular formula is C28H27F3N2O4S. The standard InChI is InChI=1S/C28H27F3N2O4S/c1-18-16-32-26-23(12-7-13-24(26)28(29,30)31)25(18)19-8-5-9-20(14-19)37-21-10-6-11-22(15-21)38(34,35)33-17-27(2,3)36-4/h5-16,33H,17H2,1-4H3. The summed E-state index contributed by atoms with van der Waals surface area (Å²) in [5, 5.41) is 0.370. The highest BCUT2D eigenvalue weighted by atomic mass is 32.2. The summed E-state index contributed by atoms with van der Waals surface area (Å²) in [5.74, 6) is 0.675. The van der Waals surface area contributed by atoms with Gasteiger partial charge in [0.1, 0.15) is 11.5 Å². The number of sulfonamides is 1. The third kappa shape index (κ3) is 5.98. The normalized spacial score (nSPS) is 12.6. The number of methoxy groups -OCH3 is 1. The number of halogens is 3. The molecule has 3 aromatic carbocycles. The molecule has 0 bridgehead atoms. The molecule has 4 rings (SSSR count). The van der Waals surface area contributed by atoms with Crippen molar-refractivity contribution in [2.24, 2.45) is 0 Å². The molecule has 0 amide bonds. The van der Waals surface area contributed by atoms with E-state index in [2.05, 4.69) is 9.71 Å². The molecule has 1 aromatic heterocycles. The molecule has 0 aliphatic carbocycles. The Labute approximate surface area is 219 Å². The van der Waals surface area contributed by atoms with Gasteiger partial charge >= 0.3 is 6.18 Å². The van der Waals surface area contributed by atoms with Gasteiger partial charge in [0.15, 0.2) is 0 Å². The van der Waals surface area contributed by atoms with Crippen molar-refractivity contribution in [1.29, 1.82) is 0 Å². The van der Waals surface area contributed by atoms with Crippen LogP contribution in [-0.2, 0) is 20.9 Å². The first-order valence-corrected chi connectivity index (χ1v) is 13.2. The van der Waals surface area contributed by atoms with Crippen molar-refractivity contribution in [2.75, 3.05) is 13.7 Å². The van der Waals surface area contributed by atoms with E-state index in [9.17, 15) is 21.6 Å². The van der Waals surface area contributed by atoms with Gasteiger partial charge in [-0.3, -0.25) is 4.98 Å². The molecule has 0 atom stereocenters. The van der Waals surface area contributed by atoms with E-state index >= 15 is 0 Å². The van der Waals surface area contributed by atoms with E-state index in [-0.39, 0.29) is 22.7 Å². The highest BCUT2D eigenvalue weighted by Gasteiger charge is 2.33. The number of nitrogens with one attached hydrogen (secondary N) is 1. The third-order valence-electron chi connectivity index (χ3n) is 6.11. The Morgan fingerprint density at radius 1 is 0.947 bits per heavy atom. The van der Waals surface area contributed by atoms with Crippen molar-refractivity contribution in [1.82, 2.24) is 9.71 Å². The number of rotatable bonds is 8. The Hall–Kier alpha value is -3.47. The van der Waals surface area contributed by atoms with Crippen LogP contribution < -0.4 is 9.46 Å². The summed E-state index contributed by atoms with van der Waals surface area (Å²) >= 11 is 0. The number of aryl methyl sites for hydroxylation is 1. The van der Waals surface area contributed by atoms with Crippen molar-refractivity contribution < 1.29 is 31.1 Å². The molecule has 0 aliphatic heterocycles. The van der Waals surface area contributed by atoms with E-state index in [0.717, 1.165) is 6.07 Å². The second-order valence-corrected chi connectivity index (χ2v) is 11.2. The highest BCUT2D eigenvalue weighted by Crippen LogP contribution is 2.39. The first kappa shape index (κ1) is 27.6. The summed E-state index contributed by atoms with van der Waals surface area (Å²) in [4.78, 5) is 4.09. The topological polar surface area (TPSA) is 77.5 Å². The highest BCUT2D eigenvalue weighted by molar-refractivity contribution is 7.89. The van der Waals surface area contributed by atoms with Gasteiger partial charge in [0.25, 0.3) is 0 Å². The molecule has 0 saturated carbocycles. The maximum atomic E-state index is 13.6. The number of nitrogens with zero attached hydrogens (tertiary/aromatic N) is 1. The van der Waals surface area contributed by atoms with Crippen LogP contribution in [0.1, 0.15) is 25.0 Å². The fraction of sp³-hybridized carbons (Fsp3) is 0.250. The lowest BCUT2D eigenvalue weighted by atomic mass is 9.95. The van der Waals surface area contributed by atoms with Crippen LogP contribution in [0.5, 0.6) is 11.5 Å². The van der Waals surface area contributed by atoms with Crippen molar-refractivity contribution in [3.8, 4) is 22.6 Å². The zero-order chi connectivity index (χ0) is 27.7. The van der Waals surface area contributed by atoms with Gasteiger partial charge < -0.3 is 9.47 Å². The number of aromatic nitrogens is 1. The Kier molecular flexibility index (Phi) is 7.51. The summed E-state index contributed by atoms with van der Waals surface area (Å²) < 4.78 is 80.1. The van der Waals surface area contributed by atoms with Crippen LogP contribution in [-0.4, -0.2) is 32.7 Å². The molecule has 0 saturated heterocycles. The van der Waals surface area contributed by atoms with Gasteiger partial charge in [-0.15, -0.1) is 0 Å². The molecule has 6 nitrogen and oxygen atoms in total. The maximum absolute atomic E-state index is 13.6. The first-order valence-electron chi connectivity index (χ1n) is 11.7. The van der Waals surface area contributed by atoms with E-state index in [1.807, 2.05) is 0 Å². The molecule has 0 radical (unpaired) electrons. The summed E-state index contributed by atoms with van der Waals surface area (Å²) in [6.45, 7) is 5.38. The summed E-state index contributed by atoms with van der Waals surface area (Å²) in [7, 11) is -2.32. The maximum Gasteiger partial charge on any atom is 0.418 e. The zero-order valence-corrected chi connectivity index (χ0v) is 22.1. The van der Waals surface area contributed by atoms with Crippen LogP contribution in [0.2, 0.25) is 0 Å². The Morgan fingerprint density at radius 2 is 1.61 bits per heavy atom. The Morgan fingerprint density at radius 3 is 2.29 bits per heavy atom. The quantitative estimate of drug-likeness (QED) is 0.266. The fourth-order valence-corrected chi connectivity index (χ4v) is 5.15. The number of benzene rings is 3. The Balaban J connectivity index is 1.67. The number of para-hydroxylation sites is 1. The molecule has 0 unspecified atom stereocenters. The van der Waals surface area contributed by atoms with Gasteiger partial charge in [-0.1, -0.05) is 30.3 Å². The predicted molar refractivity (Wildman–Crippen MR) is 140 cm³/mol. The first-order chi connectivity index (χ1) is 17.8. The van der Waals surface area contributed by atoms with Crippen LogP contribution in [0.25, 0.3) is 22.0 Å². The minimum Gasteiger partial charge on any atom is -0.457 e. The molecule has 1 heterocycles. The van der Waals surface area contributed by atoms with Crippen molar-refractivity contribution in [2.45, 2.75) is 37.4 Å². The molecule has 200 valence electrons. The third-order valence-corrected chi connectivity index (χ3v) is 7.51. The lowest BCUT2D eigenvalue weighted by molar-refractivity contribution is -0.136. The van der Waals surface area contributed by atoms with Gasteiger partial charge in [-0.05, 0) is 67.8 Å². The second-order valence-electron chi connectivity index (χ2n) is 9.41. The molecule has 38 heavy (non-hydrogen) atoms. The lowest BCUT2D eigenvalue weighted by Crippen LogP contribution is -2.39. The van der Waals surface area contributed by atoms with E-state index in [1.54, 1.807) is 63.2 Å². The SMILES string of the molecule is COC(C)(C)CNS(=O)(=O)c1cccc(Oc2cccc(-c3c(C)cnc4c(C(F)(F)F)cccc34)c2)c1. The molecule has 1 N–H and O–H groups in total. The molecule has 0 fully saturated rings. The molecule has 0 spiro atoms. The van der Waals surface area contributed by atoms with E-state index in [4.69, 9.17) is 9.47 Å². The minimum atomic E-state index is -4.54. The van der Waals surface area contributed by atoms with Gasteiger partial charge in [0, 0.05) is 31.3 Å². The molecule has 10 heteroatoms. The molecule has 0 aliphatic rings. The second kappa shape index (κ2) is 10.4. The minimum absolute atomic E-state index is 0.0220. The van der Waals surface area contributed by atoms with Crippen molar-refractivity contribution >= 4 is 20.9 Å². The van der Waals surface area contributed by atoms with Crippen LogP contribution in [0.4, 0.5) is 13.2 Å². The number of pyridine rings is 1. The van der Waals surface area contributed by atoms with E-state index < -0.39 is 27.4 Å². The van der Waals surface area contributed by atoms with E-state index in [1.165, 1.54) is 31.5 Å². The largest absolute Gasteiger partial charge is 0.457 e. The average Bonchev–Trinajstić information content (AvgIpc) is 2.87. The van der Waals surface area contributed by atoms with Crippen LogP contribution in [0.15, 0.2) is 77.8 Å². The Bertz CT molecular complexity index is 1590. The number of alkyl halides is 3. The number of hydrogen-bond donors (Lipinski definition) is 1. The summed E-state index contributed by atoms with van der Waals surface area (Å²) in [5.41, 5.74) is 0.328. The van der Waals surface area contributed by atoms with Gasteiger partial charge in [0.2, 0.25) is 10.0 Å². The monoisotopic (exact) mass is 544 g/mol. The smallest absolute Gasteiger partial charge is 0.418 e. The van der Waals surface area contributed by atoms with Crippen LogP contribution in [0, 0.1) is 6.92 Å². The fourth-order valence-electron chi connectivity index (χ4n) is 3.91. The van der Waals surface area contributed by atoms with Crippen molar-refractivity contribution in [3.63, 3.8) is 0 Å². The summed E-state index contributed by atoms with van der Waals surface area (Å²) in [6.07, 6.45) is -3.11. The van der Waals surface area contributed by atoms with Crippen LogP contribution in [0.3, 0.4) is 0 Å². The predicted octanol–water partition coefficient (Wildman–Crippen LogP) is 6.72. The van der Waals surface area contributed by atoms with Crippen molar-refractivity contribution in [3.05, 3.63) is 84.1 Å². The average molecular weight is 545 g/mol. The van der Waals surface area contributed by atoms with Gasteiger partial charge in [-0.25, -0.2) is 13.1 Å². The lowest BCUT2D eigenvalue weighted by Gasteiger charge is -2.23. The number of hydrogen-bond acceptors (Lipinski definition) is 5. The molecular weight excluding hydrogens is 517 g/mol. The van der Waals surface area contributed by atoms with E-state index in [0.29, 0.717) is 27.8 Å². The number of fused-ring (bicyclic) bond motifs is 1. The summed E-state index contributed by atoms with van der Waals surface area (Å²) in [6, 6.07) is 16.9.